The molecule has 0 saturated carbocycles. The third kappa shape index (κ3) is 4.24. The van der Waals surface area contributed by atoms with Crippen molar-refractivity contribution in [1.29, 1.82) is 0 Å². The number of nitrogens with zero attached hydrogens (tertiary/aromatic N) is 3. The van der Waals surface area contributed by atoms with E-state index in [1.54, 1.807) is 42.3 Å². The summed E-state index contributed by atoms with van der Waals surface area (Å²) in [7, 11) is 1.70. The summed E-state index contributed by atoms with van der Waals surface area (Å²) in [6.45, 7) is 1.22. The first-order valence-corrected chi connectivity index (χ1v) is 13.4. The summed E-state index contributed by atoms with van der Waals surface area (Å²) in [6, 6.07) is 25.8. The zero-order valence-corrected chi connectivity index (χ0v) is 22.4. The van der Waals surface area contributed by atoms with E-state index >= 15 is 0 Å². The largest absolute Gasteiger partial charge is 0.508 e. The Labute approximate surface area is 236 Å². The van der Waals surface area contributed by atoms with Gasteiger partial charge in [0.1, 0.15) is 5.75 Å². The van der Waals surface area contributed by atoms with Crippen LogP contribution in [-0.2, 0) is 13.0 Å². The fraction of sp³-hybridized carbons (Fsp3) is 0.152. The van der Waals surface area contributed by atoms with Crippen molar-refractivity contribution in [1.82, 2.24) is 9.30 Å². The fourth-order valence-corrected chi connectivity index (χ4v) is 5.68. The van der Waals surface area contributed by atoms with Crippen molar-refractivity contribution in [2.45, 2.75) is 13.0 Å². The first kappa shape index (κ1) is 24.8. The van der Waals surface area contributed by atoms with Gasteiger partial charge in [0.05, 0.1) is 22.3 Å². The molecule has 0 radical (unpaired) electrons. The second kappa shape index (κ2) is 9.75. The minimum Gasteiger partial charge on any atom is -0.508 e. The molecule has 204 valence electrons. The third-order valence-corrected chi connectivity index (χ3v) is 7.89. The summed E-state index contributed by atoms with van der Waals surface area (Å²) in [5.74, 6) is 0.891. The molecule has 8 heteroatoms. The minimum absolute atomic E-state index is 0.0829. The lowest BCUT2D eigenvalue weighted by Gasteiger charge is -2.29. The summed E-state index contributed by atoms with van der Waals surface area (Å²) in [6.07, 6.45) is 2.68. The van der Waals surface area contributed by atoms with Crippen molar-refractivity contribution in [2.75, 3.05) is 25.3 Å². The van der Waals surface area contributed by atoms with E-state index in [1.165, 1.54) is 5.56 Å². The SMILES string of the molecule is CN(C(=O)c1cc(-c2cc3c(cc2C(=O)N2CCc4ccccc4C2)OCO3)n2ccccc12)c1ccc(O)cc1. The van der Waals surface area contributed by atoms with Gasteiger partial charge in [-0.1, -0.05) is 30.3 Å². The predicted molar refractivity (Wildman–Crippen MR) is 155 cm³/mol. The van der Waals surface area contributed by atoms with Crippen LogP contribution in [0.1, 0.15) is 31.8 Å². The van der Waals surface area contributed by atoms with Crippen molar-refractivity contribution < 1.29 is 24.2 Å². The number of aromatic hydroxyl groups is 1. The number of carbonyl (C=O) groups excluding carboxylic acids is 2. The number of carbonyl (C=O) groups is 2. The Morgan fingerprint density at radius 2 is 1.59 bits per heavy atom. The number of hydrogen-bond donors (Lipinski definition) is 1. The van der Waals surface area contributed by atoms with Gasteiger partial charge in [0.25, 0.3) is 11.8 Å². The molecule has 0 unspecified atom stereocenters. The van der Waals surface area contributed by atoms with Gasteiger partial charge >= 0.3 is 0 Å². The Kier molecular flexibility index (Phi) is 5.89. The summed E-state index contributed by atoms with van der Waals surface area (Å²) in [4.78, 5) is 31.3. The Morgan fingerprint density at radius 1 is 0.854 bits per heavy atom. The number of pyridine rings is 1. The van der Waals surface area contributed by atoms with Crippen LogP contribution in [0.5, 0.6) is 17.2 Å². The molecule has 2 amide bonds. The van der Waals surface area contributed by atoms with Crippen LogP contribution in [-0.4, -0.2) is 46.6 Å². The lowest BCUT2D eigenvalue weighted by atomic mass is 9.97. The number of ether oxygens (including phenoxy) is 2. The molecule has 0 atom stereocenters. The number of phenolic OH excluding ortho intramolecular Hbond substituents is 1. The summed E-state index contributed by atoms with van der Waals surface area (Å²) in [5.41, 5.74) is 6.10. The van der Waals surface area contributed by atoms with Crippen molar-refractivity contribution in [3.8, 4) is 28.5 Å². The molecule has 4 heterocycles. The maximum Gasteiger partial charge on any atom is 0.260 e. The molecule has 41 heavy (non-hydrogen) atoms. The van der Waals surface area contributed by atoms with E-state index in [0.717, 1.165) is 12.0 Å². The maximum atomic E-state index is 14.1. The van der Waals surface area contributed by atoms with Crippen LogP contribution in [0, 0.1) is 0 Å². The highest BCUT2D eigenvalue weighted by Crippen LogP contribution is 2.41. The summed E-state index contributed by atoms with van der Waals surface area (Å²) < 4.78 is 13.3. The minimum atomic E-state index is -0.216. The molecule has 0 aliphatic carbocycles. The van der Waals surface area contributed by atoms with Gasteiger partial charge in [-0.05, 0) is 72.1 Å². The van der Waals surface area contributed by atoms with Crippen LogP contribution in [0.4, 0.5) is 5.69 Å². The van der Waals surface area contributed by atoms with Gasteiger partial charge < -0.3 is 28.8 Å². The van der Waals surface area contributed by atoms with Crippen LogP contribution in [0.15, 0.2) is 91.1 Å². The van der Waals surface area contributed by atoms with Gasteiger partial charge in [-0.3, -0.25) is 9.59 Å². The molecule has 7 rings (SSSR count). The number of aromatic nitrogens is 1. The molecule has 0 bridgehead atoms. The highest BCUT2D eigenvalue weighted by Gasteiger charge is 2.29. The molecular formula is C33H27N3O5. The Hall–Kier alpha value is -5.24. The lowest BCUT2D eigenvalue weighted by molar-refractivity contribution is 0.0735. The van der Waals surface area contributed by atoms with Gasteiger partial charge in [0.15, 0.2) is 11.5 Å². The van der Waals surface area contributed by atoms with E-state index in [2.05, 4.69) is 12.1 Å². The Morgan fingerprint density at radius 3 is 2.39 bits per heavy atom. The predicted octanol–water partition coefficient (Wildman–Crippen LogP) is 5.52. The van der Waals surface area contributed by atoms with E-state index in [-0.39, 0.29) is 24.4 Å². The average Bonchev–Trinajstić information content (AvgIpc) is 3.64. The molecule has 3 aromatic carbocycles. The normalized spacial score (nSPS) is 13.7. The average molecular weight is 546 g/mol. The highest BCUT2D eigenvalue weighted by atomic mass is 16.7. The summed E-state index contributed by atoms with van der Waals surface area (Å²) in [5, 5.41) is 9.69. The van der Waals surface area contributed by atoms with E-state index in [1.807, 2.05) is 58.0 Å². The zero-order valence-electron chi connectivity index (χ0n) is 22.4. The molecule has 5 aromatic rings. The monoisotopic (exact) mass is 545 g/mol. The topological polar surface area (TPSA) is 83.7 Å². The molecule has 8 nitrogen and oxygen atoms in total. The Balaban J connectivity index is 1.33. The number of hydrogen-bond acceptors (Lipinski definition) is 5. The van der Waals surface area contributed by atoms with Crippen LogP contribution in [0.2, 0.25) is 0 Å². The third-order valence-electron chi connectivity index (χ3n) is 7.89. The summed E-state index contributed by atoms with van der Waals surface area (Å²) >= 11 is 0. The molecule has 1 N–H and O–H groups in total. The number of anilines is 1. The molecule has 2 aromatic heterocycles. The van der Waals surface area contributed by atoms with E-state index < -0.39 is 0 Å². The van der Waals surface area contributed by atoms with Crippen molar-refractivity contribution in [3.05, 3.63) is 113 Å². The first-order chi connectivity index (χ1) is 20.0. The van der Waals surface area contributed by atoms with Gasteiger partial charge in [0, 0.05) is 37.6 Å². The second-order valence-electron chi connectivity index (χ2n) is 10.3. The molecule has 0 spiro atoms. The van der Waals surface area contributed by atoms with E-state index in [9.17, 15) is 14.7 Å². The smallest absolute Gasteiger partial charge is 0.260 e. The quantitative estimate of drug-likeness (QED) is 0.322. The number of fused-ring (bicyclic) bond motifs is 3. The van der Waals surface area contributed by atoms with Crippen LogP contribution in [0.25, 0.3) is 16.8 Å². The maximum absolute atomic E-state index is 14.1. The molecule has 0 saturated heterocycles. The van der Waals surface area contributed by atoms with Crippen molar-refractivity contribution in [3.63, 3.8) is 0 Å². The number of rotatable bonds is 4. The van der Waals surface area contributed by atoms with Crippen LogP contribution < -0.4 is 14.4 Å². The van der Waals surface area contributed by atoms with Gasteiger partial charge in [-0.2, -0.15) is 0 Å². The van der Waals surface area contributed by atoms with E-state index in [0.29, 0.717) is 58.2 Å². The molecule has 2 aliphatic heterocycles. The van der Waals surface area contributed by atoms with Gasteiger partial charge in [-0.15, -0.1) is 0 Å². The number of amides is 2. The molecule has 2 aliphatic rings. The first-order valence-electron chi connectivity index (χ1n) is 13.4. The van der Waals surface area contributed by atoms with E-state index in [4.69, 9.17) is 9.47 Å². The highest BCUT2D eigenvalue weighted by molar-refractivity contribution is 6.12. The van der Waals surface area contributed by atoms with Gasteiger partial charge in [0.2, 0.25) is 6.79 Å². The van der Waals surface area contributed by atoms with Crippen molar-refractivity contribution in [2.24, 2.45) is 0 Å². The van der Waals surface area contributed by atoms with Crippen LogP contribution in [0.3, 0.4) is 0 Å². The van der Waals surface area contributed by atoms with Crippen molar-refractivity contribution >= 4 is 23.0 Å². The number of phenols is 1. The standard InChI is InChI=1S/C33H27N3O5/c1-34(23-9-11-24(37)12-10-23)32(38)27-16-29(36-14-5-4-8-28(27)36)25-17-30-31(41-20-40-30)18-26(25)33(39)35-15-13-21-6-2-3-7-22(21)19-35/h2-12,14,16-18,37H,13,15,19-20H2,1H3. The number of benzene rings is 3. The zero-order chi connectivity index (χ0) is 28.1. The van der Waals surface area contributed by atoms with Crippen LogP contribution >= 0.6 is 0 Å². The molecular weight excluding hydrogens is 518 g/mol. The van der Waals surface area contributed by atoms with Gasteiger partial charge in [-0.25, -0.2) is 0 Å². The fourth-order valence-electron chi connectivity index (χ4n) is 5.68. The molecule has 0 fully saturated rings. The second-order valence-corrected chi connectivity index (χ2v) is 10.3. The lowest BCUT2D eigenvalue weighted by Crippen LogP contribution is -2.36. The Bertz CT molecular complexity index is 1830.